The van der Waals surface area contributed by atoms with E-state index >= 15 is 0 Å². The van der Waals surface area contributed by atoms with Gasteiger partial charge in [-0.25, -0.2) is 0 Å². The fourth-order valence-corrected chi connectivity index (χ4v) is 3.19. The fraction of sp³-hybridized carbons (Fsp3) is 0.917. The summed E-state index contributed by atoms with van der Waals surface area (Å²) in [7, 11) is 0. The van der Waals surface area contributed by atoms with Gasteiger partial charge < -0.3 is 5.11 Å². The maximum Gasteiger partial charge on any atom is 0.304 e. The molecule has 0 aromatic rings. The standard InChI is InChI=1S/C12H22N2O2/c1-9(6-12(15)16)14-8-11-4-3-5-13(11)7-10(14)2/h9-11H,3-8H2,1-2H3,(H,15,16). The number of carbonyl (C=O) groups is 1. The van der Waals surface area contributed by atoms with Crippen LogP contribution in [-0.4, -0.2) is 58.6 Å². The molecular weight excluding hydrogens is 204 g/mol. The van der Waals surface area contributed by atoms with Crippen molar-refractivity contribution in [1.82, 2.24) is 9.80 Å². The van der Waals surface area contributed by atoms with Crippen LogP contribution in [0.1, 0.15) is 33.1 Å². The van der Waals surface area contributed by atoms with E-state index in [1.54, 1.807) is 0 Å². The van der Waals surface area contributed by atoms with E-state index in [-0.39, 0.29) is 12.5 Å². The van der Waals surface area contributed by atoms with Crippen LogP contribution in [0, 0.1) is 0 Å². The number of fused-ring (bicyclic) bond motifs is 1. The smallest absolute Gasteiger partial charge is 0.304 e. The predicted molar refractivity (Wildman–Crippen MR) is 62.5 cm³/mol. The third-order valence-corrected chi connectivity index (χ3v) is 4.02. The van der Waals surface area contributed by atoms with Crippen LogP contribution in [0.15, 0.2) is 0 Å². The summed E-state index contributed by atoms with van der Waals surface area (Å²) in [5.41, 5.74) is 0. The molecule has 0 aromatic carbocycles. The maximum atomic E-state index is 10.7. The summed E-state index contributed by atoms with van der Waals surface area (Å²) in [6.07, 6.45) is 2.85. The largest absolute Gasteiger partial charge is 0.481 e. The van der Waals surface area contributed by atoms with Crippen molar-refractivity contribution in [3.63, 3.8) is 0 Å². The van der Waals surface area contributed by atoms with Crippen LogP contribution in [0.4, 0.5) is 0 Å². The molecule has 4 heteroatoms. The highest BCUT2D eigenvalue weighted by Gasteiger charge is 2.36. The molecule has 3 unspecified atom stereocenters. The van der Waals surface area contributed by atoms with E-state index in [2.05, 4.69) is 16.7 Å². The number of hydrogen-bond donors (Lipinski definition) is 1. The Kier molecular flexibility index (Phi) is 3.50. The molecule has 2 saturated heterocycles. The number of carboxylic acids is 1. The molecule has 0 amide bonds. The highest BCUT2D eigenvalue weighted by molar-refractivity contribution is 5.67. The molecule has 0 aliphatic carbocycles. The minimum Gasteiger partial charge on any atom is -0.481 e. The van der Waals surface area contributed by atoms with Crippen LogP contribution in [-0.2, 0) is 4.79 Å². The number of hydrogen-bond acceptors (Lipinski definition) is 3. The lowest BCUT2D eigenvalue weighted by atomic mass is 10.0. The molecule has 2 fully saturated rings. The van der Waals surface area contributed by atoms with Gasteiger partial charge in [0, 0.05) is 31.2 Å². The first kappa shape index (κ1) is 11.9. The molecule has 16 heavy (non-hydrogen) atoms. The number of carboxylic acid groups (broad SMARTS) is 1. The van der Waals surface area contributed by atoms with Gasteiger partial charge in [0.15, 0.2) is 0 Å². The Morgan fingerprint density at radius 3 is 2.94 bits per heavy atom. The molecule has 2 aliphatic rings. The molecule has 4 nitrogen and oxygen atoms in total. The minimum atomic E-state index is -0.687. The lowest BCUT2D eigenvalue weighted by Crippen LogP contribution is -2.57. The second-order valence-corrected chi connectivity index (χ2v) is 5.28. The molecule has 2 aliphatic heterocycles. The lowest BCUT2D eigenvalue weighted by molar-refractivity contribution is -0.138. The Bertz CT molecular complexity index is 270. The first-order valence-corrected chi connectivity index (χ1v) is 6.29. The van der Waals surface area contributed by atoms with Crippen molar-refractivity contribution >= 4 is 5.97 Å². The summed E-state index contributed by atoms with van der Waals surface area (Å²) in [5.74, 6) is -0.687. The average molecular weight is 226 g/mol. The van der Waals surface area contributed by atoms with Crippen molar-refractivity contribution in [1.29, 1.82) is 0 Å². The number of rotatable bonds is 3. The second-order valence-electron chi connectivity index (χ2n) is 5.28. The van der Waals surface area contributed by atoms with Crippen molar-refractivity contribution in [3.05, 3.63) is 0 Å². The first-order chi connectivity index (χ1) is 7.58. The monoisotopic (exact) mass is 226 g/mol. The summed E-state index contributed by atoms with van der Waals surface area (Å²) in [4.78, 5) is 15.7. The number of piperazine rings is 1. The topological polar surface area (TPSA) is 43.8 Å². The van der Waals surface area contributed by atoms with Crippen molar-refractivity contribution in [2.45, 2.75) is 51.2 Å². The molecule has 2 rings (SSSR count). The highest BCUT2D eigenvalue weighted by atomic mass is 16.4. The van der Waals surface area contributed by atoms with Gasteiger partial charge >= 0.3 is 5.97 Å². The lowest BCUT2D eigenvalue weighted by Gasteiger charge is -2.44. The SMILES string of the molecule is CC(CC(=O)O)N1CC2CCCN2CC1C. The average Bonchev–Trinajstić information content (AvgIpc) is 2.61. The number of nitrogens with zero attached hydrogens (tertiary/aromatic N) is 2. The maximum absolute atomic E-state index is 10.7. The Labute approximate surface area is 97.2 Å². The third-order valence-electron chi connectivity index (χ3n) is 4.02. The summed E-state index contributed by atoms with van der Waals surface area (Å²) < 4.78 is 0. The Balaban J connectivity index is 1.96. The third kappa shape index (κ3) is 2.38. The quantitative estimate of drug-likeness (QED) is 0.780. The molecule has 1 N–H and O–H groups in total. The van der Waals surface area contributed by atoms with E-state index in [0.717, 1.165) is 13.1 Å². The van der Waals surface area contributed by atoms with Gasteiger partial charge in [-0.2, -0.15) is 0 Å². The second kappa shape index (κ2) is 4.72. The molecule has 2 heterocycles. The molecule has 0 saturated carbocycles. The zero-order valence-corrected chi connectivity index (χ0v) is 10.2. The summed E-state index contributed by atoms with van der Waals surface area (Å²) in [6.45, 7) is 7.64. The summed E-state index contributed by atoms with van der Waals surface area (Å²) in [5, 5.41) is 8.85. The Morgan fingerprint density at radius 2 is 2.25 bits per heavy atom. The van der Waals surface area contributed by atoms with Gasteiger partial charge in [-0.1, -0.05) is 0 Å². The van der Waals surface area contributed by atoms with Gasteiger partial charge in [-0.3, -0.25) is 14.6 Å². The van der Waals surface area contributed by atoms with Gasteiger partial charge in [-0.15, -0.1) is 0 Å². The number of aliphatic carboxylic acids is 1. The highest BCUT2D eigenvalue weighted by Crippen LogP contribution is 2.26. The van der Waals surface area contributed by atoms with Crippen LogP contribution < -0.4 is 0 Å². The fourth-order valence-electron chi connectivity index (χ4n) is 3.19. The van der Waals surface area contributed by atoms with Crippen molar-refractivity contribution in [2.24, 2.45) is 0 Å². The molecule has 0 bridgehead atoms. The van der Waals surface area contributed by atoms with Crippen LogP contribution in [0.3, 0.4) is 0 Å². The summed E-state index contributed by atoms with van der Waals surface area (Å²) in [6, 6.07) is 1.33. The molecule has 0 radical (unpaired) electrons. The molecule has 3 atom stereocenters. The predicted octanol–water partition coefficient (Wildman–Crippen LogP) is 1.02. The zero-order chi connectivity index (χ0) is 11.7. The molecule has 0 spiro atoms. The van der Waals surface area contributed by atoms with E-state index in [9.17, 15) is 4.79 Å². The van der Waals surface area contributed by atoms with Crippen LogP contribution >= 0.6 is 0 Å². The molecular formula is C12H22N2O2. The first-order valence-electron chi connectivity index (χ1n) is 6.29. The normalized spacial score (nSPS) is 33.6. The van der Waals surface area contributed by atoms with Gasteiger partial charge in [-0.05, 0) is 33.2 Å². The molecule has 92 valence electrons. The van der Waals surface area contributed by atoms with E-state index < -0.39 is 5.97 Å². The van der Waals surface area contributed by atoms with E-state index in [1.165, 1.54) is 19.4 Å². The van der Waals surface area contributed by atoms with Gasteiger partial charge in [0.1, 0.15) is 0 Å². The molecule has 0 aromatic heterocycles. The minimum absolute atomic E-state index is 0.162. The van der Waals surface area contributed by atoms with Crippen molar-refractivity contribution in [3.8, 4) is 0 Å². The van der Waals surface area contributed by atoms with Gasteiger partial charge in [0.05, 0.1) is 6.42 Å². The van der Waals surface area contributed by atoms with Crippen LogP contribution in [0.25, 0.3) is 0 Å². The van der Waals surface area contributed by atoms with Crippen LogP contribution in [0.5, 0.6) is 0 Å². The summed E-state index contributed by atoms with van der Waals surface area (Å²) >= 11 is 0. The van der Waals surface area contributed by atoms with Crippen molar-refractivity contribution < 1.29 is 9.90 Å². The van der Waals surface area contributed by atoms with Crippen molar-refractivity contribution in [2.75, 3.05) is 19.6 Å². The van der Waals surface area contributed by atoms with Gasteiger partial charge in [0.25, 0.3) is 0 Å². The zero-order valence-electron chi connectivity index (χ0n) is 10.2. The Morgan fingerprint density at radius 1 is 1.50 bits per heavy atom. The van der Waals surface area contributed by atoms with Crippen LogP contribution in [0.2, 0.25) is 0 Å². The van der Waals surface area contributed by atoms with E-state index in [0.29, 0.717) is 12.1 Å². The van der Waals surface area contributed by atoms with E-state index in [4.69, 9.17) is 5.11 Å². The van der Waals surface area contributed by atoms with E-state index in [1.807, 2.05) is 6.92 Å². The van der Waals surface area contributed by atoms with Gasteiger partial charge in [0.2, 0.25) is 0 Å². The Hall–Kier alpha value is -0.610.